The Kier molecular flexibility index (Phi) is 9.57. The lowest BCUT2D eigenvalue weighted by molar-refractivity contribution is 0.0977. The zero-order chi connectivity index (χ0) is 32.1. The van der Waals surface area contributed by atoms with Crippen molar-refractivity contribution in [2.24, 2.45) is 0 Å². The van der Waals surface area contributed by atoms with E-state index in [2.05, 4.69) is 44.5 Å². The minimum Gasteiger partial charge on any atom is -0.443 e. The van der Waals surface area contributed by atoms with Crippen molar-refractivity contribution in [1.29, 1.82) is 0 Å². The Morgan fingerprint density at radius 1 is 0.783 bits per heavy atom. The van der Waals surface area contributed by atoms with Crippen molar-refractivity contribution < 1.29 is 31.7 Å². The minimum absolute atomic E-state index is 0.0580. The molecule has 3 aromatic carbocycles. The quantitative estimate of drug-likeness (QED) is 0.254. The van der Waals surface area contributed by atoms with Gasteiger partial charge in [-0.05, 0) is 67.7 Å². The number of anilines is 2. The first kappa shape index (κ1) is 31.6. The predicted molar refractivity (Wildman–Crippen MR) is 176 cm³/mol. The third-order valence-electron chi connectivity index (χ3n) is 8.46. The lowest BCUT2D eigenvalue weighted by Crippen LogP contribution is -2.39. The van der Waals surface area contributed by atoms with Crippen molar-refractivity contribution in [2.75, 3.05) is 55.4 Å². The molecule has 0 spiro atoms. The molecule has 2 atom stereocenters. The number of carbonyl (C=O) groups excluding carboxylic acids is 2. The number of ether oxygens (including phenoxy) is 2. The van der Waals surface area contributed by atoms with Crippen molar-refractivity contribution >= 4 is 44.6 Å². The summed E-state index contributed by atoms with van der Waals surface area (Å²) in [5.41, 5.74) is 4.29. The second-order valence-electron chi connectivity index (χ2n) is 11.8. The number of H-pyrrole nitrogens is 1. The van der Waals surface area contributed by atoms with Gasteiger partial charge in [0.1, 0.15) is 18.8 Å². The molecule has 0 aliphatic carbocycles. The Morgan fingerprint density at radius 2 is 1.33 bits per heavy atom. The highest BCUT2D eigenvalue weighted by molar-refractivity contribution is 7.85. The van der Waals surface area contributed by atoms with Crippen LogP contribution in [-0.2, 0) is 23.8 Å². The number of aromatic amines is 1. The van der Waals surface area contributed by atoms with Crippen molar-refractivity contribution in [3.05, 3.63) is 96.7 Å². The zero-order valence-electron chi connectivity index (χ0n) is 25.7. The summed E-state index contributed by atoms with van der Waals surface area (Å²) in [5, 5.41) is 1.35. The molecule has 0 bridgehead atoms. The average molecular weight is 647 g/mol. The number of cyclic esters (lactones) is 2. The van der Waals surface area contributed by atoms with E-state index < -0.39 is 22.3 Å². The van der Waals surface area contributed by atoms with Gasteiger partial charge >= 0.3 is 12.2 Å². The normalized spacial score (nSPS) is 20.8. The molecule has 1 aromatic heterocycles. The summed E-state index contributed by atoms with van der Waals surface area (Å²) < 4.78 is 37.0. The molecule has 3 saturated heterocycles. The van der Waals surface area contributed by atoms with Gasteiger partial charge < -0.3 is 14.5 Å². The highest BCUT2D eigenvalue weighted by atomic mass is 32.2. The van der Waals surface area contributed by atoms with Crippen LogP contribution in [0.4, 0.5) is 21.0 Å². The summed E-state index contributed by atoms with van der Waals surface area (Å²) in [4.78, 5) is 32.9. The fourth-order valence-electron chi connectivity index (χ4n) is 6.21. The standard InChI is InChI=1S/C23H25N3O2.C11H13NO5S/c27-23-26(18-6-2-1-3-7-18)16-19(28-23)15-25-12-10-17(11-13-25)21-14-24-22-9-5-4-8-20(21)22;1-18(14,15)16-8-10-7-12(11(13)17-10)9-5-3-2-4-6-9/h1-9,14,17,19,24H,10-13,15-16H2;2-6,10H,7-8H2,1H3. The molecule has 0 radical (unpaired) electrons. The molecule has 2 amide bonds. The van der Waals surface area contributed by atoms with Crippen LogP contribution in [0.5, 0.6) is 0 Å². The van der Waals surface area contributed by atoms with E-state index in [4.69, 9.17) is 9.47 Å². The van der Waals surface area contributed by atoms with Crippen molar-refractivity contribution in [1.82, 2.24) is 9.88 Å². The van der Waals surface area contributed by atoms with Gasteiger partial charge in [0.15, 0.2) is 0 Å². The summed E-state index contributed by atoms with van der Waals surface area (Å²) in [7, 11) is -3.52. The van der Waals surface area contributed by atoms with Gasteiger partial charge in [-0.1, -0.05) is 54.6 Å². The Hall–Kier alpha value is -4.39. The number of fused-ring (bicyclic) bond motifs is 1. The highest BCUT2D eigenvalue weighted by Gasteiger charge is 2.35. The molecular formula is C34H38N4O7S. The van der Waals surface area contributed by atoms with E-state index in [9.17, 15) is 18.0 Å². The summed E-state index contributed by atoms with van der Waals surface area (Å²) in [6.45, 7) is 3.65. The molecule has 4 aromatic rings. The van der Waals surface area contributed by atoms with Crippen LogP contribution in [0.1, 0.15) is 24.3 Å². The van der Waals surface area contributed by atoms with Crippen LogP contribution in [0.2, 0.25) is 0 Å². The minimum atomic E-state index is -3.52. The third kappa shape index (κ3) is 7.69. The number of nitrogens with one attached hydrogen (secondary N) is 1. The van der Waals surface area contributed by atoms with Crippen LogP contribution < -0.4 is 9.80 Å². The first-order valence-corrected chi connectivity index (χ1v) is 17.2. The van der Waals surface area contributed by atoms with Gasteiger partial charge in [0.2, 0.25) is 0 Å². The van der Waals surface area contributed by atoms with E-state index in [0.717, 1.165) is 44.4 Å². The lowest BCUT2D eigenvalue weighted by Gasteiger charge is -2.32. The SMILES string of the molecule is CS(=O)(=O)OCC1CN(c2ccccc2)C(=O)O1.O=C1OC(CN2CCC(c3c[nH]c4ccccc34)CC2)CN1c1ccccc1. The second kappa shape index (κ2) is 13.9. The summed E-state index contributed by atoms with van der Waals surface area (Å²) in [6, 6.07) is 27.3. The number of benzene rings is 3. The molecule has 12 heteroatoms. The van der Waals surface area contributed by atoms with E-state index in [1.54, 1.807) is 17.0 Å². The topological polar surface area (TPSA) is 121 Å². The van der Waals surface area contributed by atoms with Gasteiger partial charge in [0.25, 0.3) is 10.1 Å². The van der Waals surface area contributed by atoms with Gasteiger partial charge in [-0.25, -0.2) is 9.59 Å². The second-order valence-corrected chi connectivity index (χ2v) is 13.4. The zero-order valence-corrected chi connectivity index (χ0v) is 26.5. The van der Waals surface area contributed by atoms with Gasteiger partial charge in [0, 0.05) is 35.0 Å². The molecule has 4 heterocycles. The molecule has 11 nitrogen and oxygen atoms in total. The number of aromatic nitrogens is 1. The Balaban J connectivity index is 0.000000179. The van der Waals surface area contributed by atoms with Crippen molar-refractivity contribution in [3.8, 4) is 0 Å². The van der Waals surface area contributed by atoms with E-state index in [1.807, 2.05) is 48.5 Å². The van der Waals surface area contributed by atoms with Crippen LogP contribution >= 0.6 is 0 Å². The predicted octanol–water partition coefficient (Wildman–Crippen LogP) is 5.36. The summed E-state index contributed by atoms with van der Waals surface area (Å²) in [5.74, 6) is 0.597. The van der Waals surface area contributed by atoms with Crippen molar-refractivity contribution in [2.45, 2.75) is 31.0 Å². The largest absolute Gasteiger partial charge is 0.443 e. The number of nitrogens with zero attached hydrogens (tertiary/aromatic N) is 3. The van der Waals surface area contributed by atoms with Crippen LogP contribution in [0, 0.1) is 0 Å². The van der Waals surface area contributed by atoms with E-state index in [1.165, 1.54) is 21.4 Å². The molecule has 242 valence electrons. The molecule has 3 aliphatic rings. The van der Waals surface area contributed by atoms with Gasteiger partial charge in [-0.15, -0.1) is 0 Å². The summed E-state index contributed by atoms with van der Waals surface area (Å²) >= 11 is 0. The fourth-order valence-corrected chi connectivity index (χ4v) is 6.61. The number of likely N-dealkylation sites (tertiary alicyclic amines) is 1. The van der Waals surface area contributed by atoms with E-state index in [-0.39, 0.29) is 25.3 Å². The number of carbonyl (C=O) groups is 2. The molecular weight excluding hydrogens is 608 g/mol. The molecule has 3 aliphatic heterocycles. The maximum Gasteiger partial charge on any atom is 0.414 e. The van der Waals surface area contributed by atoms with Gasteiger partial charge in [-0.2, -0.15) is 8.42 Å². The van der Waals surface area contributed by atoms with Crippen molar-refractivity contribution in [3.63, 3.8) is 0 Å². The highest BCUT2D eigenvalue weighted by Crippen LogP contribution is 2.33. The number of rotatable bonds is 8. The molecule has 0 saturated carbocycles. The van der Waals surface area contributed by atoms with E-state index >= 15 is 0 Å². The molecule has 2 unspecified atom stereocenters. The maximum atomic E-state index is 12.2. The number of hydrogen-bond acceptors (Lipinski definition) is 8. The van der Waals surface area contributed by atoms with Gasteiger partial charge in [-0.3, -0.25) is 18.9 Å². The van der Waals surface area contributed by atoms with E-state index in [0.29, 0.717) is 18.2 Å². The molecule has 3 fully saturated rings. The Labute approximate surface area is 268 Å². The number of para-hydroxylation sites is 3. The monoisotopic (exact) mass is 646 g/mol. The molecule has 1 N–H and O–H groups in total. The lowest BCUT2D eigenvalue weighted by atomic mass is 9.89. The van der Waals surface area contributed by atoms with Crippen LogP contribution in [-0.4, -0.2) is 88.3 Å². The smallest absolute Gasteiger partial charge is 0.414 e. The number of piperidine rings is 1. The van der Waals surface area contributed by atoms with Crippen LogP contribution in [0.25, 0.3) is 10.9 Å². The maximum absolute atomic E-state index is 12.2. The van der Waals surface area contributed by atoms with Gasteiger partial charge in [0.05, 0.1) is 19.3 Å². The number of amides is 2. The Morgan fingerprint density at radius 3 is 1.93 bits per heavy atom. The first-order chi connectivity index (χ1) is 22.2. The Bertz CT molecular complexity index is 1740. The summed E-state index contributed by atoms with van der Waals surface area (Å²) in [6.07, 6.45) is 4.06. The number of hydrogen-bond donors (Lipinski definition) is 1. The van der Waals surface area contributed by atoms with Crippen LogP contribution in [0.15, 0.2) is 91.1 Å². The third-order valence-corrected chi connectivity index (χ3v) is 9.03. The van der Waals surface area contributed by atoms with Crippen LogP contribution in [0.3, 0.4) is 0 Å². The molecule has 46 heavy (non-hydrogen) atoms. The molecule has 7 rings (SSSR count). The fraction of sp³-hybridized carbons (Fsp3) is 0.353. The first-order valence-electron chi connectivity index (χ1n) is 15.4. The average Bonchev–Trinajstić information content (AvgIpc) is 3.77.